The van der Waals surface area contributed by atoms with Crippen LogP contribution < -0.4 is 14.4 Å². The van der Waals surface area contributed by atoms with Crippen molar-refractivity contribution in [2.75, 3.05) is 37.2 Å². The molecule has 0 bridgehead atoms. The van der Waals surface area contributed by atoms with E-state index in [-0.39, 0.29) is 12.5 Å². The third kappa shape index (κ3) is 4.68. The highest BCUT2D eigenvalue weighted by Crippen LogP contribution is 2.43. The zero-order chi connectivity index (χ0) is 18.4. The summed E-state index contributed by atoms with van der Waals surface area (Å²) in [6.07, 6.45) is 1.29. The number of likely N-dealkylation sites (N-methyl/N-ethyl adjacent to an activating group) is 1. The fourth-order valence-corrected chi connectivity index (χ4v) is 5.58. The molecule has 0 spiro atoms. The normalized spacial score (nSPS) is 14.7. The Kier molecular flexibility index (Phi) is 6.74. The van der Waals surface area contributed by atoms with Crippen molar-refractivity contribution >= 4 is 35.1 Å². The first kappa shape index (κ1) is 19.0. The van der Waals surface area contributed by atoms with Crippen molar-refractivity contribution in [2.45, 2.75) is 11.0 Å². The number of methoxy groups -OCH3 is 1. The summed E-state index contributed by atoms with van der Waals surface area (Å²) in [5.41, 5.74) is 2.04. The Hall–Kier alpha value is -1.79. The van der Waals surface area contributed by atoms with E-state index in [0.717, 1.165) is 5.69 Å². The average molecular weight is 390 g/mol. The van der Waals surface area contributed by atoms with Gasteiger partial charge < -0.3 is 14.4 Å². The van der Waals surface area contributed by atoms with Gasteiger partial charge in [-0.25, -0.2) is 0 Å². The second-order valence-electron chi connectivity index (χ2n) is 5.91. The topological polar surface area (TPSA) is 38.8 Å². The Balaban J connectivity index is 1.57. The van der Waals surface area contributed by atoms with Gasteiger partial charge >= 0.3 is 0 Å². The third-order valence-corrected chi connectivity index (χ3v) is 7.18. The van der Waals surface area contributed by atoms with Gasteiger partial charge in [0.1, 0.15) is 11.5 Å². The van der Waals surface area contributed by atoms with Gasteiger partial charge in [-0.3, -0.25) is 4.79 Å². The van der Waals surface area contributed by atoms with Crippen LogP contribution in [0.25, 0.3) is 0 Å². The standard InChI is InChI=1S/C20H23NO3S2/c1-21(17-6-3-4-7-18(17)23-2)19(22)14-24-16-10-8-15(9-11-16)20-25-12-5-13-26-20/h3-4,6-11,20H,5,12-14H2,1-2H3. The van der Waals surface area contributed by atoms with Gasteiger partial charge in [-0.1, -0.05) is 24.3 Å². The summed E-state index contributed by atoms with van der Waals surface area (Å²) in [5.74, 6) is 3.69. The fraction of sp³-hybridized carbons (Fsp3) is 0.350. The highest BCUT2D eigenvalue weighted by Gasteiger charge is 2.17. The maximum atomic E-state index is 12.4. The minimum Gasteiger partial charge on any atom is -0.495 e. The molecule has 1 heterocycles. The van der Waals surface area contributed by atoms with Crippen LogP contribution >= 0.6 is 23.5 Å². The first-order valence-corrected chi connectivity index (χ1v) is 10.6. The van der Waals surface area contributed by atoms with Gasteiger partial charge in [0.2, 0.25) is 0 Å². The molecule has 0 saturated carbocycles. The quantitative estimate of drug-likeness (QED) is 0.722. The first-order chi connectivity index (χ1) is 12.7. The largest absolute Gasteiger partial charge is 0.495 e. The number of anilines is 1. The van der Waals surface area contributed by atoms with Crippen LogP contribution in [0.2, 0.25) is 0 Å². The molecule has 1 saturated heterocycles. The third-order valence-electron chi connectivity index (χ3n) is 4.16. The van der Waals surface area contributed by atoms with Crippen LogP contribution in [-0.2, 0) is 4.79 Å². The van der Waals surface area contributed by atoms with E-state index in [0.29, 0.717) is 16.1 Å². The van der Waals surface area contributed by atoms with Gasteiger partial charge in [0.05, 0.1) is 17.4 Å². The monoisotopic (exact) mass is 389 g/mol. The molecule has 0 aromatic heterocycles. The predicted molar refractivity (Wildman–Crippen MR) is 111 cm³/mol. The van der Waals surface area contributed by atoms with E-state index in [4.69, 9.17) is 9.47 Å². The summed E-state index contributed by atoms with van der Waals surface area (Å²) in [6, 6.07) is 15.5. The van der Waals surface area contributed by atoms with Gasteiger partial charge in [-0.15, -0.1) is 23.5 Å². The number of carbonyl (C=O) groups excluding carboxylic acids is 1. The van der Waals surface area contributed by atoms with E-state index in [1.165, 1.54) is 23.5 Å². The number of nitrogens with zero attached hydrogens (tertiary/aromatic N) is 1. The summed E-state index contributed by atoms with van der Waals surface area (Å²) in [5, 5.41) is 0. The molecule has 2 aromatic carbocycles. The van der Waals surface area contributed by atoms with Crippen LogP contribution in [0, 0.1) is 0 Å². The van der Waals surface area contributed by atoms with Gasteiger partial charge in [-0.05, 0) is 47.8 Å². The number of hydrogen-bond acceptors (Lipinski definition) is 5. The Morgan fingerprint density at radius 2 is 1.81 bits per heavy atom. The minimum absolute atomic E-state index is 0.0131. The number of benzene rings is 2. The number of ether oxygens (including phenoxy) is 2. The molecule has 0 aliphatic carbocycles. The Labute approximate surface area is 163 Å². The summed E-state index contributed by atoms with van der Waals surface area (Å²) >= 11 is 3.99. The van der Waals surface area contributed by atoms with E-state index in [1.807, 2.05) is 59.9 Å². The van der Waals surface area contributed by atoms with Crippen LogP contribution in [0.5, 0.6) is 11.5 Å². The van der Waals surface area contributed by atoms with E-state index in [1.54, 1.807) is 19.1 Å². The number of carbonyl (C=O) groups is 1. The lowest BCUT2D eigenvalue weighted by molar-refractivity contribution is -0.120. The Morgan fingerprint density at radius 3 is 2.50 bits per heavy atom. The lowest BCUT2D eigenvalue weighted by Gasteiger charge is -2.21. The zero-order valence-corrected chi connectivity index (χ0v) is 16.6. The summed E-state index contributed by atoms with van der Waals surface area (Å²) in [7, 11) is 3.32. The van der Waals surface area contributed by atoms with Crippen LogP contribution in [-0.4, -0.2) is 38.2 Å². The summed E-state index contributed by atoms with van der Waals surface area (Å²) in [4.78, 5) is 14.0. The molecule has 1 aliphatic heterocycles. The summed E-state index contributed by atoms with van der Waals surface area (Å²) < 4.78 is 11.5. The molecule has 1 amide bonds. The van der Waals surface area contributed by atoms with Crippen LogP contribution in [0.4, 0.5) is 5.69 Å². The van der Waals surface area contributed by atoms with Crippen LogP contribution in [0.1, 0.15) is 16.6 Å². The number of rotatable bonds is 6. The smallest absolute Gasteiger partial charge is 0.264 e. The molecule has 6 heteroatoms. The number of para-hydroxylation sites is 2. The van der Waals surface area contributed by atoms with Crippen molar-refractivity contribution in [1.29, 1.82) is 0 Å². The number of thioether (sulfide) groups is 2. The van der Waals surface area contributed by atoms with Gasteiger partial charge in [0.15, 0.2) is 6.61 Å². The minimum atomic E-state index is -0.128. The van der Waals surface area contributed by atoms with Crippen molar-refractivity contribution in [3.63, 3.8) is 0 Å². The van der Waals surface area contributed by atoms with Gasteiger partial charge in [0.25, 0.3) is 5.91 Å². The highest BCUT2D eigenvalue weighted by atomic mass is 32.2. The van der Waals surface area contributed by atoms with Crippen LogP contribution in [0.15, 0.2) is 48.5 Å². The highest BCUT2D eigenvalue weighted by molar-refractivity contribution is 8.16. The van der Waals surface area contributed by atoms with E-state index < -0.39 is 0 Å². The molecular formula is C20H23NO3S2. The van der Waals surface area contributed by atoms with Crippen molar-refractivity contribution in [3.05, 3.63) is 54.1 Å². The second-order valence-corrected chi connectivity index (χ2v) is 8.63. The number of hydrogen-bond donors (Lipinski definition) is 0. The molecule has 0 radical (unpaired) electrons. The second kappa shape index (κ2) is 9.24. The maximum Gasteiger partial charge on any atom is 0.264 e. The zero-order valence-electron chi connectivity index (χ0n) is 15.0. The molecule has 138 valence electrons. The SMILES string of the molecule is COc1ccccc1N(C)C(=O)COc1ccc(C2SCCCS2)cc1. The molecule has 4 nitrogen and oxygen atoms in total. The Bertz CT molecular complexity index is 730. The molecular weight excluding hydrogens is 366 g/mol. The molecule has 0 atom stereocenters. The number of amides is 1. The lowest BCUT2D eigenvalue weighted by Crippen LogP contribution is -2.31. The van der Waals surface area contributed by atoms with Crippen molar-refractivity contribution in [1.82, 2.24) is 0 Å². The fourth-order valence-electron chi connectivity index (χ4n) is 2.68. The summed E-state index contributed by atoms with van der Waals surface area (Å²) in [6.45, 7) is -0.0131. The van der Waals surface area contributed by atoms with Crippen LogP contribution in [0.3, 0.4) is 0 Å². The molecule has 1 fully saturated rings. The first-order valence-electron chi connectivity index (χ1n) is 8.54. The van der Waals surface area contributed by atoms with E-state index in [9.17, 15) is 4.79 Å². The van der Waals surface area contributed by atoms with E-state index in [2.05, 4.69) is 12.1 Å². The van der Waals surface area contributed by atoms with Gasteiger partial charge in [0, 0.05) is 7.05 Å². The molecule has 0 unspecified atom stereocenters. The lowest BCUT2D eigenvalue weighted by atomic mass is 10.2. The van der Waals surface area contributed by atoms with E-state index >= 15 is 0 Å². The molecule has 3 rings (SSSR count). The van der Waals surface area contributed by atoms with Crippen molar-refractivity contribution in [2.24, 2.45) is 0 Å². The molecule has 2 aromatic rings. The van der Waals surface area contributed by atoms with Crippen molar-refractivity contribution < 1.29 is 14.3 Å². The molecule has 1 aliphatic rings. The molecule has 26 heavy (non-hydrogen) atoms. The van der Waals surface area contributed by atoms with Gasteiger partial charge in [-0.2, -0.15) is 0 Å². The average Bonchev–Trinajstić information content (AvgIpc) is 2.72. The predicted octanol–water partition coefficient (Wildman–Crippen LogP) is 4.61. The maximum absolute atomic E-state index is 12.4. The Morgan fingerprint density at radius 1 is 1.12 bits per heavy atom. The molecule has 0 N–H and O–H groups in total. The van der Waals surface area contributed by atoms with Crippen molar-refractivity contribution in [3.8, 4) is 11.5 Å².